The van der Waals surface area contributed by atoms with E-state index in [0.717, 1.165) is 24.0 Å². The van der Waals surface area contributed by atoms with Crippen LogP contribution in [0.1, 0.15) is 148 Å². The van der Waals surface area contributed by atoms with E-state index in [9.17, 15) is 9.90 Å². The summed E-state index contributed by atoms with van der Waals surface area (Å²) in [6.07, 6.45) is 21.0. The molecule has 0 aromatic heterocycles. The number of aryl methyl sites for hydroxylation is 1. The molecule has 3 heteroatoms. The van der Waals surface area contributed by atoms with Gasteiger partial charge in [0.15, 0.2) is 0 Å². The van der Waals surface area contributed by atoms with Crippen LogP contribution in [0.4, 0.5) is 0 Å². The van der Waals surface area contributed by atoms with Crippen molar-refractivity contribution in [3.05, 3.63) is 29.3 Å². The summed E-state index contributed by atoms with van der Waals surface area (Å²) in [5.74, 6) is 0.198. The Morgan fingerprint density at radius 1 is 0.853 bits per heavy atom. The van der Waals surface area contributed by atoms with Gasteiger partial charge in [-0.25, -0.2) is 0 Å². The monoisotopic (exact) mass is 474 g/mol. The highest BCUT2D eigenvalue weighted by molar-refractivity contribution is 5.70. The summed E-state index contributed by atoms with van der Waals surface area (Å²) in [5, 5.41) is 10.1. The Morgan fingerprint density at radius 3 is 1.85 bits per heavy atom. The Morgan fingerprint density at radius 2 is 1.35 bits per heavy atom. The zero-order chi connectivity index (χ0) is 25.2. The minimum atomic E-state index is -0.122. The normalized spacial score (nSPS) is 12.6. The first-order valence-corrected chi connectivity index (χ1v) is 14.3. The highest BCUT2D eigenvalue weighted by Gasteiger charge is 2.18. The van der Waals surface area contributed by atoms with Gasteiger partial charge in [0.25, 0.3) is 0 Å². The molecule has 1 aromatic rings. The predicted octanol–water partition coefficient (Wildman–Crippen LogP) is 9.43. The number of phenolic OH excluding ortho intramolecular Hbond substituents is 1. The second-order valence-corrected chi connectivity index (χ2v) is 11.3. The van der Waals surface area contributed by atoms with Gasteiger partial charge in [0, 0.05) is 6.42 Å². The molecule has 1 unspecified atom stereocenters. The Hall–Kier alpha value is -1.51. The van der Waals surface area contributed by atoms with Crippen LogP contribution in [0.15, 0.2) is 18.2 Å². The van der Waals surface area contributed by atoms with Gasteiger partial charge in [-0.1, -0.05) is 123 Å². The zero-order valence-electron chi connectivity index (χ0n) is 23.1. The number of hydrogen-bond acceptors (Lipinski definition) is 3. The van der Waals surface area contributed by atoms with E-state index < -0.39 is 0 Å². The molecule has 1 atom stereocenters. The topological polar surface area (TPSA) is 46.5 Å². The number of rotatable bonds is 19. The number of benzene rings is 1. The summed E-state index contributed by atoms with van der Waals surface area (Å²) < 4.78 is 5.62. The quantitative estimate of drug-likeness (QED) is 0.160. The lowest BCUT2D eigenvalue weighted by Gasteiger charge is -2.21. The molecule has 0 aliphatic carbocycles. The molecule has 1 N–H and O–H groups in total. The highest BCUT2D eigenvalue weighted by Crippen LogP contribution is 2.31. The zero-order valence-corrected chi connectivity index (χ0v) is 23.1. The summed E-state index contributed by atoms with van der Waals surface area (Å²) >= 11 is 0. The van der Waals surface area contributed by atoms with E-state index >= 15 is 0 Å². The number of esters is 1. The first kappa shape index (κ1) is 30.5. The standard InChI is InChI=1S/C31H54O3/c1-6-7-8-9-10-11-12-13-14-15-16-17-18-19-20-26(2)34-30(33)24-22-27-21-23-29(32)28(25-27)31(3,4)5/h21,23,25-26,32H,6-20,22,24H2,1-5H3. The maximum Gasteiger partial charge on any atom is 0.306 e. The van der Waals surface area contributed by atoms with Gasteiger partial charge in [-0.05, 0) is 48.8 Å². The molecule has 0 heterocycles. The largest absolute Gasteiger partial charge is 0.508 e. The van der Waals surface area contributed by atoms with Crippen LogP contribution in [0, 0.1) is 0 Å². The molecule has 196 valence electrons. The van der Waals surface area contributed by atoms with E-state index in [4.69, 9.17) is 4.74 Å². The fraction of sp³-hybridized carbons (Fsp3) is 0.774. The van der Waals surface area contributed by atoms with E-state index in [2.05, 4.69) is 27.7 Å². The van der Waals surface area contributed by atoms with E-state index in [1.54, 1.807) is 6.07 Å². The lowest BCUT2D eigenvalue weighted by Crippen LogP contribution is -2.15. The van der Waals surface area contributed by atoms with E-state index in [0.29, 0.717) is 18.6 Å². The van der Waals surface area contributed by atoms with Gasteiger partial charge in [0.05, 0.1) is 6.10 Å². The van der Waals surface area contributed by atoms with Gasteiger partial charge in [0.1, 0.15) is 5.75 Å². The fourth-order valence-electron chi connectivity index (χ4n) is 4.55. The minimum Gasteiger partial charge on any atom is -0.508 e. The van der Waals surface area contributed by atoms with Crippen LogP contribution in [-0.2, 0) is 21.4 Å². The van der Waals surface area contributed by atoms with Crippen LogP contribution in [-0.4, -0.2) is 17.2 Å². The molecule has 1 rings (SSSR count). The molecule has 0 spiro atoms. The Kier molecular flexibility index (Phi) is 16.0. The lowest BCUT2D eigenvalue weighted by molar-refractivity contribution is -0.148. The molecule has 0 fully saturated rings. The van der Waals surface area contributed by atoms with Crippen LogP contribution >= 0.6 is 0 Å². The number of hydrogen-bond donors (Lipinski definition) is 1. The number of unbranched alkanes of at least 4 members (excludes halogenated alkanes) is 13. The van der Waals surface area contributed by atoms with Gasteiger partial charge >= 0.3 is 5.97 Å². The van der Waals surface area contributed by atoms with Gasteiger partial charge < -0.3 is 9.84 Å². The third kappa shape index (κ3) is 14.7. The summed E-state index contributed by atoms with van der Waals surface area (Å²) in [7, 11) is 0. The first-order chi connectivity index (χ1) is 16.2. The number of carbonyl (C=O) groups is 1. The molecule has 34 heavy (non-hydrogen) atoms. The number of carbonyl (C=O) groups excluding carboxylic acids is 1. The molecule has 0 bridgehead atoms. The van der Waals surface area contributed by atoms with Crippen LogP contribution in [0.5, 0.6) is 5.75 Å². The fourth-order valence-corrected chi connectivity index (χ4v) is 4.55. The maximum atomic E-state index is 12.3. The third-order valence-corrected chi connectivity index (χ3v) is 6.78. The van der Waals surface area contributed by atoms with E-state index in [-0.39, 0.29) is 17.5 Å². The Balaban J connectivity index is 2.03. The predicted molar refractivity (Wildman–Crippen MR) is 146 cm³/mol. The molecular formula is C31H54O3. The number of ether oxygens (including phenoxy) is 1. The van der Waals surface area contributed by atoms with Crippen LogP contribution in [0.3, 0.4) is 0 Å². The second-order valence-electron chi connectivity index (χ2n) is 11.3. The molecule has 1 aromatic carbocycles. The van der Waals surface area contributed by atoms with Crippen molar-refractivity contribution in [3.63, 3.8) is 0 Å². The molecule has 0 saturated carbocycles. The van der Waals surface area contributed by atoms with Crippen molar-refractivity contribution < 1.29 is 14.6 Å². The van der Waals surface area contributed by atoms with Crippen LogP contribution in [0.25, 0.3) is 0 Å². The van der Waals surface area contributed by atoms with E-state index in [1.807, 2.05) is 19.1 Å². The first-order valence-electron chi connectivity index (χ1n) is 14.3. The second kappa shape index (κ2) is 17.9. The molecule has 0 aliphatic heterocycles. The Labute approximate surface area is 211 Å². The third-order valence-electron chi connectivity index (χ3n) is 6.78. The highest BCUT2D eigenvalue weighted by atomic mass is 16.5. The SMILES string of the molecule is CCCCCCCCCCCCCCCCC(C)OC(=O)CCc1ccc(O)c(C(C)(C)C)c1. The summed E-state index contributed by atoms with van der Waals surface area (Å²) in [6, 6.07) is 5.65. The average Bonchev–Trinajstić information content (AvgIpc) is 2.78. The summed E-state index contributed by atoms with van der Waals surface area (Å²) in [5.41, 5.74) is 1.87. The van der Waals surface area contributed by atoms with Gasteiger partial charge in [-0.3, -0.25) is 4.79 Å². The molecule has 0 amide bonds. The van der Waals surface area contributed by atoms with Crippen molar-refractivity contribution in [3.8, 4) is 5.75 Å². The van der Waals surface area contributed by atoms with Gasteiger partial charge in [-0.2, -0.15) is 0 Å². The van der Waals surface area contributed by atoms with Gasteiger partial charge in [-0.15, -0.1) is 0 Å². The average molecular weight is 475 g/mol. The summed E-state index contributed by atoms with van der Waals surface area (Å²) in [6.45, 7) is 10.5. The molecular weight excluding hydrogens is 420 g/mol. The summed E-state index contributed by atoms with van der Waals surface area (Å²) in [4.78, 5) is 12.3. The number of aromatic hydroxyl groups is 1. The smallest absolute Gasteiger partial charge is 0.306 e. The molecule has 3 nitrogen and oxygen atoms in total. The lowest BCUT2D eigenvalue weighted by atomic mass is 9.85. The van der Waals surface area contributed by atoms with Crippen molar-refractivity contribution in [1.29, 1.82) is 0 Å². The van der Waals surface area contributed by atoms with Crippen LogP contribution < -0.4 is 0 Å². The Bertz CT molecular complexity index is 659. The van der Waals surface area contributed by atoms with Crippen molar-refractivity contribution in [2.45, 2.75) is 155 Å². The van der Waals surface area contributed by atoms with Crippen molar-refractivity contribution in [2.24, 2.45) is 0 Å². The minimum absolute atomic E-state index is 0.00483. The maximum absolute atomic E-state index is 12.3. The van der Waals surface area contributed by atoms with Crippen LogP contribution in [0.2, 0.25) is 0 Å². The molecule has 0 radical (unpaired) electrons. The molecule has 0 saturated heterocycles. The van der Waals surface area contributed by atoms with E-state index in [1.165, 1.54) is 83.5 Å². The van der Waals surface area contributed by atoms with Crippen molar-refractivity contribution >= 4 is 5.97 Å². The number of phenols is 1. The van der Waals surface area contributed by atoms with Crippen molar-refractivity contribution in [2.75, 3.05) is 0 Å². The van der Waals surface area contributed by atoms with Crippen molar-refractivity contribution in [1.82, 2.24) is 0 Å². The van der Waals surface area contributed by atoms with Gasteiger partial charge in [0.2, 0.25) is 0 Å². The molecule has 0 aliphatic rings.